The Kier molecular flexibility index (Phi) is 4.57. The van der Waals surface area contributed by atoms with Crippen LogP contribution in [-0.2, 0) is 6.54 Å². The fourth-order valence-electron chi connectivity index (χ4n) is 3.33. The van der Waals surface area contributed by atoms with Gasteiger partial charge in [-0.25, -0.2) is 4.98 Å². The second-order valence-electron chi connectivity index (χ2n) is 6.92. The van der Waals surface area contributed by atoms with Crippen LogP contribution in [0.5, 0.6) is 0 Å². The van der Waals surface area contributed by atoms with Gasteiger partial charge in [0.25, 0.3) is 0 Å². The van der Waals surface area contributed by atoms with Crippen molar-refractivity contribution in [3.63, 3.8) is 0 Å². The van der Waals surface area contributed by atoms with Crippen LogP contribution in [0, 0.1) is 6.92 Å². The van der Waals surface area contributed by atoms with E-state index in [1.165, 1.54) is 16.7 Å². The van der Waals surface area contributed by atoms with Crippen molar-refractivity contribution in [1.29, 1.82) is 0 Å². The van der Waals surface area contributed by atoms with Crippen LogP contribution in [0.25, 0.3) is 33.4 Å². The van der Waals surface area contributed by atoms with Crippen LogP contribution in [-0.4, -0.2) is 35.6 Å². The zero-order valence-corrected chi connectivity index (χ0v) is 16.2. The van der Waals surface area contributed by atoms with Gasteiger partial charge in [-0.2, -0.15) is 5.21 Å². The van der Waals surface area contributed by atoms with Gasteiger partial charge in [0.2, 0.25) is 5.82 Å². The van der Waals surface area contributed by atoms with Gasteiger partial charge < -0.3 is 5.32 Å². The molecule has 0 atom stereocenters. The molecule has 0 saturated heterocycles. The van der Waals surface area contributed by atoms with Crippen LogP contribution < -0.4 is 5.32 Å². The van der Waals surface area contributed by atoms with Gasteiger partial charge in [0.15, 0.2) is 0 Å². The molecule has 0 bridgehead atoms. The van der Waals surface area contributed by atoms with E-state index < -0.39 is 0 Å². The molecule has 0 aliphatic carbocycles. The minimum Gasteiger partial charge on any atom is -0.365 e. The lowest BCUT2D eigenvalue weighted by atomic mass is 10.0. The van der Waals surface area contributed by atoms with Gasteiger partial charge >= 0.3 is 0 Å². The molecule has 0 amide bonds. The Hall–Kier alpha value is -4.20. The summed E-state index contributed by atoms with van der Waals surface area (Å²) in [5.74, 6) is 1.25. The number of anilines is 1. The number of aryl methyl sites for hydroxylation is 1. The molecular weight excluding hydrogens is 376 g/mol. The highest BCUT2D eigenvalue weighted by Crippen LogP contribution is 2.24. The molecule has 0 saturated carbocycles. The summed E-state index contributed by atoms with van der Waals surface area (Å²) in [5.41, 5.74) is 5.18. The first-order valence-electron chi connectivity index (χ1n) is 9.51. The van der Waals surface area contributed by atoms with Crippen molar-refractivity contribution in [1.82, 2.24) is 35.6 Å². The zero-order valence-electron chi connectivity index (χ0n) is 16.2. The number of tetrazole rings is 1. The number of fused-ring (bicyclic) bond motifs is 1. The van der Waals surface area contributed by atoms with Crippen LogP contribution in [0.15, 0.2) is 67.1 Å². The Morgan fingerprint density at radius 3 is 2.57 bits per heavy atom. The fourth-order valence-corrected chi connectivity index (χ4v) is 3.33. The van der Waals surface area contributed by atoms with Gasteiger partial charge in [-0.1, -0.05) is 24.3 Å². The maximum atomic E-state index is 4.48. The van der Waals surface area contributed by atoms with E-state index in [0.717, 1.165) is 22.3 Å². The second kappa shape index (κ2) is 7.67. The lowest BCUT2D eigenvalue weighted by Crippen LogP contribution is -2.02. The number of hydrogen-bond acceptors (Lipinski definition) is 7. The molecule has 8 nitrogen and oxygen atoms in total. The summed E-state index contributed by atoms with van der Waals surface area (Å²) in [6.07, 6.45) is 5.40. The number of hydrogen-bond donors (Lipinski definition) is 2. The molecule has 0 aliphatic heterocycles. The number of nitrogens with one attached hydrogen (secondary N) is 2. The number of benzene rings is 1. The van der Waals surface area contributed by atoms with Crippen molar-refractivity contribution in [2.24, 2.45) is 0 Å². The Morgan fingerprint density at radius 2 is 1.77 bits per heavy atom. The molecule has 8 heteroatoms. The van der Waals surface area contributed by atoms with E-state index in [1.807, 2.05) is 31.3 Å². The average molecular weight is 394 g/mol. The molecule has 4 heterocycles. The van der Waals surface area contributed by atoms with E-state index in [0.29, 0.717) is 18.1 Å². The van der Waals surface area contributed by atoms with Gasteiger partial charge in [-0.3, -0.25) is 9.97 Å². The normalized spacial score (nSPS) is 11.0. The monoisotopic (exact) mass is 394 g/mol. The van der Waals surface area contributed by atoms with Crippen LogP contribution in [0.2, 0.25) is 0 Å². The highest BCUT2D eigenvalue weighted by Gasteiger charge is 2.09. The number of nitrogens with zero attached hydrogens (tertiary/aromatic N) is 6. The van der Waals surface area contributed by atoms with Crippen molar-refractivity contribution in [2.75, 3.05) is 5.32 Å². The van der Waals surface area contributed by atoms with Gasteiger partial charge in [-0.05, 0) is 58.5 Å². The molecule has 146 valence electrons. The summed E-state index contributed by atoms with van der Waals surface area (Å²) in [6, 6.07) is 16.5. The zero-order chi connectivity index (χ0) is 20.3. The molecule has 2 N–H and O–H groups in total. The van der Waals surface area contributed by atoms with Crippen LogP contribution >= 0.6 is 0 Å². The first kappa shape index (κ1) is 17.9. The van der Waals surface area contributed by atoms with Gasteiger partial charge in [0.1, 0.15) is 11.5 Å². The van der Waals surface area contributed by atoms with E-state index in [9.17, 15) is 0 Å². The molecule has 30 heavy (non-hydrogen) atoms. The topological polar surface area (TPSA) is 105 Å². The number of aromatic nitrogens is 7. The average Bonchev–Trinajstić information content (AvgIpc) is 3.33. The molecule has 5 rings (SSSR count). The highest BCUT2D eigenvalue weighted by molar-refractivity contribution is 5.92. The van der Waals surface area contributed by atoms with Crippen LogP contribution in [0.4, 0.5) is 5.82 Å². The van der Waals surface area contributed by atoms with Gasteiger partial charge in [-0.15, -0.1) is 10.2 Å². The fraction of sp³-hybridized carbons (Fsp3) is 0.0909. The van der Waals surface area contributed by atoms with Crippen molar-refractivity contribution in [3.8, 4) is 22.6 Å². The van der Waals surface area contributed by atoms with Gasteiger partial charge in [0.05, 0.1) is 0 Å². The maximum absolute atomic E-state index is 4.48. The molecule has 0 aliphatic rings. The Morgan fingerprint density at radius 1 is 0.900 bits per heavy atom. The van der Waals surface area contributed by atoms with E-state index >= 15 is 0 Å². The number of pyridine rings is 3. The molecule has 4 aromatic heterocycles. The predicted molar refractivity (Wildman–Crippen MR) is 114 cm³/mol. The molecule has 0 radical (unpaired) electrons. The third-order valence-electron chi connectivity index (χ3n) is 4.87. The summed E-state index contributed by atoms with van der Waals surface area (Å²) in [7, 11) is 0. The van der Waals surface area contributed by atoms with E-state index in [-0.39, 0.29) is 0 Å². The minimum absolute atomic E-state index is 0.465. The molecular formula is C22H18N8. The second-order valence-corrected chi connectivity index (χ2v) is 6.92. The summed E-state index contributed by atoms with van der Waals surface area (Å²) in [5, 5.41) is 19.4. The van der Waals surface area contributed by atoms with Crippen LogP contribution in [0.1, 0.15) is 11.3 Å². The third-order valence-corrected chi connectivity index (χ3v) is 4.87. The quantitative estimate of drug-likeness (QED) is 0.467. The molecule has 0 spiro atoms. The SMILES string of the molecule is Cc1cc(-c2ccc(CNc3nccc4cc(-c5nn[nH]n5)ncc34)cc2)ccn1. The molecule has 0 fully saturated rings. The highest BCUT2D eigenvalue weighted by atomic mass is 15.5. The largest absolute Gasteiger partial charge is 0.365 e. The summed E-state index contributed by atoms with van der Waals surface area (Å²) < 4.78 is 0. The smallest absolute Gasteiger partial charge is 0.222 e. The molecule has 0 unspecified atom stereocenters. The van der Waals surface area contributed by atoms with E-state index in [2.05, 4.69) is 71.2 Å². The summed E-state index contributed by atoms with van der Waals surface area (Å²) >= 11 is 0. The Bertz CT molecular complexity index is 1300. The summed E-state index contributed by atoms with van der Waals surface area (Å²) in [6.45, 7) is 2.66. The first-order valence-corrected chi connectivity index (χ1v) is 9.51. The predicted octanol–water partition coefficient (Wildman–Crippen LogP) is 3.79. The summed E-state index contributed by atoms with van der Waals surface area (Å²) in [4.78, 5) is 13.2. The Balaban J connectivity index is 1.35. The first-order chi connectivity index (χ1) is 14.8. The number of rotatable bonds is 5. The van der Waals surface area contributed by atoms with Gasteiger partial charge in [0, 0.05) is 36.2 Å². The Labute approximate surface area is 172 Å². The van der Waals surface area contributed by atoms with Crippen molar-refractivity contribution < 1.29 is 0 Å². The number of aromatic amines is 1. The van der Waals surface area contributed by atoms with Crippen LogP contribution in [0.3, 0.4) is 0 Å². The molecule has 1 aromatic carbocycles. The van der Waals surface area contributed by atoms with Crippen molar-refractivity contribution in [3.05, 3.63) is 78.4 Å². The van der Waals surface area contributed by atoms with Crippen molar-refractivity contribution in [2.45, 2.75) is 13.5 Å². The maximum Gasteiger partial charge on any atom is 0.222 e. The van der Waals surface area contributed by atoms with Crippen molar-refractivity contribution >= 4 is 16.6 Å². The van der Waals surface area contributed by atoms with E-state index in [1.54, 1.807) is 12.4 Å². The molecule has 5 aromatic rings. The minimum atomic E-state index is 0.465. The van der Waals surface area contributed by atoms with E-state index in [4.69, 9.17) is 0 Å². The standard InChI is InChI=1S/C22H18N8/c1-14-10-17(6-8-23-14)16-4-2-15(3-5-16)12-26-21-19-13-25-20(22-27-29-30-28-22)11-18(19)7-9-24-21/h2-11,13H,12H2,1H3,(H,24,26)(H,27,28,29,30). The number of H-pyrrole nitrogens is 1. The third kappa shape index (κ3) is 3.58. The lowest BCUT2D eigenvalue weighted by Gasteiger charge is -2.10. The lowest BCUT2D eigenvalue weighted by molar-refractivity contribution is 0.881.